The van der Waals surface area contributed by atoms with Crippen molar-refractivity contribution in [1.29, 1.82) is 0 Å². The Morgan fingerprint density at radius 3 is 2.40 bits per heavy atom. The van der Waals surface area contributed by atoms with Gasteiger partial charge in [-0.25, -0.2) is 14.2 Å². The number of carbonyl (C=O) groups excluding carboxylic acids is 3. The highest BCUT2D eigenvalue weighted by Crippen LogP contribution is 2.39. The molecule has 4 aromatic rings. The fourth-order valence-electron chi connectivity index (χ4n) is 4.96. The van der Waals surface area contributed by atoms with Gasteiger partial charge in [0.15, 0.2) is 0 Å². The van der Waals surface area contributed by atoms with Crippen LogP contribution in [0.1, 0.15) is 56.3 Å². The Hall–Kier alpha value is -5.05. The molecule has 0 radical (unpaired) electrons. The first kappa shape index (κ1) is 28.5. The highest BCUT2D eigenvalue weighted by atomic mass is 19.1. The third kappa shape index (κ3) is 6.46. The molecule has 0 fully saturated rings. The fraction of sp³-hybridized carbons (Fsp3) is 0.212. The van der Waals surface area contributed by atoms with Crippen LogP contribution < -0.4 is 10.2 Å². The SMILES string of the molecule is CN(C)c1ccc(CN2C(=O)c3cccc(F)c3C2CCC(=O)Nc2ccc(C(=O)OCc3ccccc3)cn2)cc1. The number of amides is 2. The zero-order valence-electron chi connectivity index (χ0n) is 23.4. The number of aromatic nitrogens is 1. The predicted molar refractivity (Wildman–Crippen MR) is 157 cm³/mol. The van der Waals surface area contributed by atoms with Gasteiger partial charge in [-0.05, 0) is 53.9 Å². The molecule has 2 heterocycles. The van der Waals surface area contributed by atoms with Crippen LogP contribution in [0.25, 0.3) is 0 Å². The molecule has 8 nitrogen and oxygen atoms in total. The van der Waals surface area contributed by atoms with E-state index in [-0.39, 0.29) is 49.2 Å². The van der Waals surface area contributed by atoms with Gasteiger partial charge >= 0.3 is 5.97 Å². The Kier molecular flexibility index (Phi) is 8.57. The van der Waals surface area contributed by atoms with Crippen molar-refractivity contribution in [3.05, 3.63) is 125 Å². The summed E-state index contributed by atoms with van der Waals surface area (Å²) in [6.07, 6.45) is 1.60. The maximum atomic E-state index is 15.0. The summed E-state index contributed by atoms with van der Waals surface area (Å²) in [6.45, 7) is 0.431. The smallest absolute Gasteiger partial charge is 0.340 e. The second-order valence-corrected chi connectivity index (χ2v) is 10.3. The zero-order valence-corrected chi connectivity index (χ0v) is 23.4. The van der Waals surface area contributed by atoms with Gasteiger partial charge in [0.1, 0.15) is 18.2 Å². The van der Waals surface area contributed by atoms with Crippen LogP contribution in [0.3, 0.4) is 0 Å². The standard InChI is InChI=1S/C33H31FN4O4/c1-37(2)25-14-11-22(12-15-25)20-38-28(31-26(32(38)40)9-6-10-27(31)34)16-18-30(39)36-29-17-13-24(19-35-29)33(41)42-21-23-7-4-3-5-8-23/h3-15,17,19,28H,16,18,20-21H2,1-2H3,(H,35,36,39). The number of ether oxygens (including phenoxy) is 1. The van der Waals surface area contributed by atoms with Gasteiger partial charge in [-0.3, -0.25) is 9.59 Å². The number of nitrogens with one attached hydrogen (secondary N) is 1. The van der Waals surface area contributed by atoms with Crippen molar-refractivity contribution >= 4 is 29.3 Å². The van der Waals surface area contributed by atoms with Gasteiger partial charge in [-0.1, -0.05) is 48.5 Å². The molecule has 0 aliphatic carbocycles. The van der Waals surface area contributed by atoms with Crippen LogP contribution in [-0.4, -0.2) is 41.8 Å². The van der Waals surface area contributed by atoms with E-state index in [0.717, 1.165) is 16.8 Å². The molecule has 3 aromatic carbocycles. The van der Waals surface area contributed by atoms with Crippen LogP contribution in [0.5, 0.6) is 0 Å². The molecule has 1 aliphatic heterocycles. The summed E-state index contributed by atoms with van der Waals surface area (Å²) in [6, 6.07) is 24.1. The quantitative estimate of drug-likeness (QED) is 0.246. The molecular formula is C33H31FN4O4. The van der Waals surface area contributed by atoms with Gasteiger partial charge in [0, 0.05) is 50.1 Å². The molecule has 2 amide bonds. The molecule has 42 heavy (non-hydrogen) atoms. The predicted octanol–water partition coefficient (Wildman–Crippen LogP) is 5.76. The lowest BCUT2D eigenvalue weighted by molar-refractivity contribution is -0.116. The van der Waals surface area contributed by atoms with Crippen LogP contribution >= 0.6 is 0 Å². The summed E-state index contributed by atoms with van der Waals surface area (Å²) in [4.78, 5) is 46.3. The van der Waals surface area contributed by atoms with E-state index in [1.165, 1.54) is 30.5 Å². The second kappa shape index (κ2) is 12.6. The number of rotatable bonds is 10. The molecule has 0 saturated carbocycles. The lowest BCUT2D eigenvalue weighted by Gasteiger charge is -2.26. The van der Waals surface area contributed by atoms with Gasteiger partial charge in [0.2, 0.25) is 5.91 Å². The zero-order chi connectivity index (χ0) is 29.6. The van der Waals surface area contributed by atoms with Crippen LogP contribution in [-0.2, 0) is 22.7 Å². The normalized spacial score (nSPS) is 13.9. The largest absolute Gasteiger partial charge is 0.457 e. The van der Waals surface area contributed by atoms with Crippen molar-refractivity contribution in [2.75, 3.05) is 24.3 Å². The minimum Gasteiger partial charge on any atom is -0.457 e. The maximum Gasteiger partial charge on any atom is 0.340 e. The highest BCUT2D eigenvalue weighted by Gasteiger charge is 2.38. The van der Waals surface area contributed by atoms with Crippen molar-refractivity contribution in [2.45, 2.75) is 32.0 Å². The molecule has 214 valence electrons. The third-order valence-corrected chi connectivity index (χ3v) is 7.18. The number of pyridine rings is 1. The van der Waals surface area contributed by atoms with E-state index in [9.17, 15) is 18.8 Å². The molecule has 1 aromatic heterocycles. The summed E-state index contributed by atoms with van der Waals surface area (Å²) in [5.74, 6) is -1.32. The maximum absolute atomic E-state index is 15.0. The van der Waals surface area contributed by atoms with E-state index >= 15 is 0 Å². The first-order valence-corrected chi connectivity index (χ1v) is 13.6. The van der Waals surface area contributed by atoms with Crippen LogP contribution in [0.4, 0.5) is 15.9 Å². The topological polar surface area (TPSA) is 91.8 Å². The number of hydrogen-bond donors (Lipinski definition) is 1. The molecule has 0 bridgehead atoms. The van der Waals surface area contributed by atoms with Crippen molar-refractivity contribution in [3.63, 3.8) is 0 Å². The van der Waals surface area contributed by atoms with Crippen molar-refractivity contribution < 1.29 is 23.5 Å². The summed E-state index contributed by atoms with van der Waals surface area (Å²) < 4.78 is 20.3. The first-order valence-electron chi connectivity index (χ1n) is 13.6. The Morgan fingerprint density at radius 1 is 0.952 bits per heavy atom. The summed E-state index contributed by atoms with van der Waals surface area (Å²) in [7, 11) is 3.90. The Labute approximate surface area is 243 Å². The first-order chi connectivity index (χ1) is 20.3. The Balaban J connectivity index is 1.21. The minimum atomic E-state index is -0.595. The summed E-state index contributed by atoms with van der Waals surface area (Å²) in [5, 5.41) is 2.72. The molecule has 0 saturated heterocycles. The molecule has 1 N–H and O–H groups in total. The number of hydrogen-bond acceptors (Lipinski definition) is 6. The van der Waals surface area contributed by atoms with Crippen LogP contribution in [0.2, 0.25) is 0 Å². The number of esters is 1. The van der Waals surface area contributed by atoms with E-state index < -0.39 is 17.8 Å². The monoisotopic (exact) mass is 566 g/mol. The molecule has 9 heteroatoms. The van der Waals surface area contributed by atoms with E-state index in [1.807, 2.05) is 73.6 Å². The van der Waals surface area contributed by atoms with E-state index in [4.69, 9.17) is 4.74 Å². The van der Waals surface area contributed by atoms with Gasteiger partial charge < -0.3 is 19.9 Å². The number of fused-ring (bicyclic) bond motifs is 1. The van der Waals surface area contributed by atoms with E-state index in [0.29, 0.717) is 11.1 Å². The highest BCUT2D eigenvalue weighted by molar-refractivity contribution is 5.99. The third-order valence-electron chi connectivity index (χ3n) is 7.18. The second-order valence-electron chi connectivity index (χ2n) is 10.3. The summed E-state index contributed by atoms with van der Waals surface area (Å²) in [5.41, 5.74) is 3.70. The number of halogens is 1. The van der Waals surface area contributed by atoms with Gasteiger partial charge in [0.05, 0.1) is 11.6 Å². The van der Waals surface area contributed by atoms with E-state index in [1.54, 1.807) is 11.0 Å². The van der Waals surface area contributed by atoms with Gasteiger partial charge in [-0.2, -0.15) is 0 Å². The molecule has 5 rings (SSSR count). The van der Waals surface area contributed by atoms with Gasteiger partial charge in [-0.15, -0.1) is 0 Å². The van der Waals surface area contributed by atoms with Gasteiger partial charge in [0.25, 0.3) is 5.91 Å². The van der Waals surface area contributed by atoms with Crippen molar-refractivity contribution in [1.82, 2.24) is 9.88 Å². The number of nitrogens with zero attached hydrogens (tertiary/aromatic N) is 3. The molecular weight excluding hydrogens is 535 g/mol. The molecule has 1 aliphatic rings. The summed E-state index contributed by atoms with van der Waals surface area (Å²) >= 11 is 0. The minimum absolute atomic E-state index is 0.0321. The number of anilines is 2. The van der Waals surface area contributed by atoms with Crippen LogP contribution in [0.15, 0.2) is 91.1 Å². The fourth-order valence-corrected chi connectivity index (χ4v) is 4.96. The molecule has 1 unspecified atom stereocenters. The van der Waals surface area contributed by atoms with E-state index in [2.05, 4.69) is 10.3 Å². The Morgan fingerprint density at radius 2 is 1.71 bits per heavy atom. The average molecular weight is 567 g/mol. The van der Waals surface area contributed by atoms with Crippen molar-refractivity contribution in [3.8, 4) is 0 Å². The van der Waals surface area contributed by atoms with Crippen molar-refractivity contribution in [2.24, 2.45) is 0 Å². The average Bonchev–Trinajstić information content (AvgIpc) is 3.27. The molecule has 1 atom stereocenters. The lowest BCUT2D eigenvalue weighted by Crippen LogP contribution is -2.28. The lowest BCUT2D eigenvalue weighted by atomic mass is 9.99. The molecule has 0 spiro atoms. The number of carbonyl (C=O) groups is 3. The van der Waals surface area contributed by atoms with Crippen LogP contribution in [0, 0.1) is 5.82 Å². The Bertz CT molecular complexity index is 1570. The number of benzene rings is 3.